The second-order valence-corrected chi connectivity index (χ2v) is 7.77. The van der Waals surface area contributed by atoms with Crippen molar-refractivity contribution in [2.24, 2.45) is 18.0 Å². The Balaban J connectivity index is 1.72. The van der Waals surface area contributed by atoms with Crippen LogP contribution in [0.5, 0.6) is 0 Å². The summed E-state index contributed by atoms with van der Waals surface area (Å²) in [6.07, 6.45) is 11.6. The molecule has 148 valence electrons. The van der Waals surface area contributed by atoms with Crippen LogP contribution < -0.4 is 10.6 Å². The lowest BCUT2D eigenvalue weighted by Gasteiger charge is -2.34. The van der Waals surface area contributed by atoms with Crippen molar-refractivity contribution in [1.82, 2.24) is 25.3 Å². The largest absolute Gasteiger partial charge is 0.356 e. The van der Waals surface area contributed by atoms with Crippen LogP contribution >= 0.6 is 0 Å². The molecule has 1 aliphatic heterocycles. The highest BCUT2D eigenvalue weighted by molar-refractivity contribution is 5.79. The predicted molar refractivity (Wildman–Crippen MR) is 110 cm³/mol. The van der Waals surface area contributed by atoms with E-state index in [1.54, 1.807) is 0 Å². The van der Waals surface area contributed by atoms with Crippen molar-refractivity contribution in [3.63, 3.8) is 0 Å². The third kappa shape index (κ3) is 6.98. The van der Waals surface area contributed by atoms with Crippen LogP contribution in [0.15, 0.2) is 17.4 Å². The molecule has 2 rings (SSSR count). The maximum Gasteiger partial charge on any atom is 0.191 e. The van der Waals surface area contributed by atoms with Gasteiger partial charge in [-0.25, -0.2) is 0 Å². The highest BCUT2D eigenvalue weighted by Gasteiger charge is 2.22. The number of nitrogens with zero attached hydrogens (tertiary/aromatic N) is 4. The van der Waals surface area contributed by atoms with Crippen molar-refractivity contribution in [1.29, 1.82) is 0 Å². The number of nitrogens with one attached hydrogen (secondary N) is 2. The SMILES string of the molecule is CN=C(NCCCc1cnn(C)c1)NCC(C(C)C)N1CCCCCC1. The zero-order chi connectivity index (χ0) is 18.8. The summed E-state index contributed by atoms with van der Waals surface area (Å²) >= 11 is 0. The zero-order valence-corrected chi connectivity index (χ0v) is 17.2. The van der Waals surface area contributed by atoms with Crippen molar-refractivity contribution in [3.05, 3.63) is 18.0 Å². The number of likely N-dealkylation sites (tertiary alicyclic amines) is 1. The molecular formula is C20H38N6. The summed E-state index contributed by atoms with van der Waals surface area (Å²) in [6, 6.07) is 0.571. The first-order valence-electron chi connectivity index (χ1n) is 10.3. The monoisotopic (exact) mass is 362 g/mol. The van der Waals surface area contributed by atoms with Gasteiger partial charge in [-0.2, -0.15) is 5.10 Å². The van der Waals surface area contributed by atoms with Crippen LogP contribution in [-0.2, 0) is 13.5 Å². The maximum absolute atomic E-state index is 4.39. The molecule has 1 aliphatic rings. The van der Waals surface area contributed by atoms with Crippen LogP contribution in [-0.4, -0.2) is 59.9 Å². The van der Waals surface area contributed by atoms with Crippen molar-refractivity contribution in [3.8, 4) is 0 Å². The van der Waals surface area contributed by atoms with E-state index in [0.29, 0.717) is 12.0 Å². The summed E-state index contributed by atoms with van der Waals surface area (Å²) in [4.78, 5) is 7.07. The van der Waals surface area contributed by atoms with E-state index in [-0.39, 0.29) is 0 Å². The number of hydrogen-bond donors (Lipinski definition) is 2. The number of hydrogen-bond acceptors (Lipinski definition) is 3. The first kappa shape index (κ1) is 20.7. The fraction of sp³-hybridized carbons (Fsp3) is 0.800. The number of aliphatic imine (C=N–C) groups is 1. The van der Waals surface area contributed by atoms with Gasteiger partial charge in [0.2, 0.25) is 0 Å². The molecule has 1 aromatic heterocycles. The lowest BCUT2D eigenvalue weighted by molar-refractivity contribution is 0.161. The normalized spacial score (nSPS) is 18.0. The van der Waals surface area contributed by atoms with Crippen molar-refractivity contribution < 1.29 is 0 Å². The predicted octanol–water partition coefficient (Wildman–Crippen LogP) is 2.42. The quantitative estimate of drug-likeness (QED) is 0.424. The molecule has 1 aromatic rings. The van der Waals surface area contributed by atoms with Gasteiger partial charge in [0, 0.05) is 39.4 Å². The standard InChI is InChI=1S/C20H38N6/c1-17(2)19(26-12-7-5-6-8-13-26)15-23-20(21-3)22-11-9-10-18-14-24-25(4)16-18/h14,16-17,19H,5-13,15H2,1-4H3,(H2,21,22,23). The first-order valence-corrected chi connectivity index (χ1v) is 10.3. The minimum Gasteiger partial charge on any atom is -0.356 e. The molecule has 0 saturated carbocycles. The molecule has 0 spiro atoms. The van der Waals surface area contributed by atoms with Gasteiger partial charge in [0.1, 0.15) is 0 Å². The molecule has 26 heavy (non-hydrogen) atoms. The van der Waals surface area contributed by atoms with E-state index in [1.807, 2.05) is 25.0 Å². The van der Waals surface area contributed by atoms with Gasteiger partial charge in [0.25, 0.3) is 0 Å². The molecule has 1 fully saturated rings. The molecule has 0 bridgehead atoms. The summed E-state index contributed by atoms with van der Waals surface area (Å²) in [5.41, 5.74) is 1.29. The van der Waals surface area contributed by atoms with Crippen LogP contribution in [0.25, 0.3) is 0 Å². The molecule has 6 heteroatoms. The number of aryl methyl sites for hydroxylation is 2. The summed E-state index contributed by atoms with van der Waals surface area (Å²) in [5.74, 6) is 1.56. The Morgan fingerprint density at radius 3 is 2.50 bits per heavy atom. The van der Waals surface area contributed by atoms with Crippen molar-refractivity contribution in [2.75, 3.05) is 33.2 Å². The van der Waals surface area contributed by atoms with Crippen molar-refractivity contribution in [2.45, 2.75) is 58.4 Å². The lowest BCUT2D eigenvalue weighted by Crippen LogP contribution is -2.49. The van der Waals surface area contributed by atoms with E-state index in [1.165, 1.54) is 44.3 Å². The highest BCUT2D eigenvalue weighted by atomic mass is 15.2. The van der Waals surface area contributed by atoms with Gasteiger partial charge in [0.05, 0.1) is 6.20 Å². The minimum atomic E-state index is 0.571. The molecule has 2 N–H and O–H groups in total. The third-order valence-corrected chi connectivity index (χ3v) is 5.27. The molecule has 1 atom stereocenters. The molecule has 1 unspecified atom stereocenters. The third-order valence-electron chi connectivity index (χ3n) is 5.27. The topological polar surface area (TPSA) is 57.5 Å². The summed E-state index contributed by atoms with van der Waals surface area (Å²) in [6.45, 7) is 9.02. The Morgan fingerprint density at radius 1 is 1.19 bits per heavy atom. The van der Waals surface area contributed by atoms with E-state index < -0.39 is 0 Å². The maximum atomic E-state index is 4.39. The molecule has 1 saturated heterocycles. The average molecular weight is 363 g/mol. The van der Waals surface area contributed by atoms with E-state index in [0.717, 1.165) is 31.9 Å². The van der Waals surface area contributed by atoms with Gasteiger partial charge in [0.15, 0.2) is 5.96 Å². The van der Waals surface area contributed by atoms with Gasteiger partial charge in [-0.05, 0) is 50.3 Å². The van der Waals surface area contributed by atoms with Gasteiger partial charge in [-0.3, -0.25) is 14.6 Å². The first-order chi connectivity index (χ1) is 12.6. The van der Waals surface area contributed by atoms with Crippen LogP contribution in [0.3, 0.4) is 0 Å². The van der Waals surface area contributed by atoms with E-state index in [9.17, 15) is 0 Å². The number of rotatable bonds is 8. The zero-order valence-electron chi connectivity index (χ0n) is 17.2. The molecule has 0 radical (unpaired) electrons. The second-order valence-electron chi connectivity index (χ2n) is 7.77. The minimum absolute atomic E-state index is 0.571. The average Bonchev–Trinajstić information content (AvgIpc) is 2.86. The van der Waals surface area contributed by atoms with E-state index in [4.69, 9.17) is 0 Å². The Morgan fingerprint density at radius 2 is 1.92 bits per heavy atom. The van der Waals surface area contributed by atoms with Gasteiger partial charge >= 0.3 is 0 Å². The Hall–Kier alpha value is -1.56. The van der Waals surface area contributed by atoms with Crippen LogP contribution in [0.1, 0.15) is 51.5 Å². The summed E-state index contributed by atoms with van der Waals surface area (Å²) in [5, 5.41) is 11.2. The Bertz CT molecular complexity index is 528. The van der Waals surface area contributed by atoms with Gasteiger partial charge in [-0.15, -0.1) is 0 Å². The van der Waals surface area contributed by atoms with Crippen LogP contribution in [0.2, 0.25) is 0 Å². The van der Waals surface area contributed by atoms with Crippen molar-refractivity contribution >= 4 is 5.96 Å². The number of aromatic nitrogens is 2. The molecule has 0 amide bonds. The highest BCUT2D eigenvalue weighted by Crippen LogP contribution is 2.17. The lowest BCUT2D eigenvalue weighted by atomic mass is 10.0. The Labute approximate surface area is 159 Å². The van der Waals surface area contributed by atoms with Crippen LogP contribution in [0, 0.1) is 5.92 Å². The molecular weight excluding hydrogens is 324 g/mol. The second kappa shape index (κ2) is 11.2. The molecule has 6 nitrogen and oxygen atoms in total. The van der Waals surface area contributed by atoms with Gasteiger partial charge in [-0.1, -0.05) is 26.7 Å². The Kier molecular flexibility index (Phi) is 8.95. The summed E-state index contributed by atoms with van der Waals surface area (Å²) in [7, 11) is 3.82. The molecule has 0 aromatic carbocycles. The van der Waals surface area contributed by atoms with Crippen LogP contribution in [0.4, 0.5) is 0 Å². The molecule has 2 heterocycles. The fourth-order valence-electron chi connectivity index (χ4n) is 3.74. The van der Waals surface area contributed by atoms with Gasteiger partial charge < -0.3 is 10.6 Å². The number of guanidine groups is 1. The van der Waals surface area contributed by atoms with E-state index >= 15 is 0 Å². The fourth-order valence-corrected chi connectivity index (χ4v) is 3.74. The molecule has 0 aliphatic carbocycles. The smallest absolute Gasteiger partial charge is 0.191 e. The summed E-state index contributed by atoms with van der Waals surface area (Å²) < 4.78 is 1.86. The van der Waals surface area contributed by atoms with E-state index in [2.05, 4.69) is 45.7 Å².